The van der Waals surface area contributed by atoms with Crippen molar-refractivity contribution in [1.82, 2.24) is 5.32 Å². The van der Waals surface area contributed by atoms with E-state index in [9.17, 15) is 14.4 Å². The molecule has 0 unspecified atom stereocenters. The van der Waals surface area contributed by atoms with Gasteiger partial charge in [0.15, 0.2) is 28.8 Å². The van der Waals surface area contributed by atoms with Gasteiger partial charge in [-0.05, 0) is 29.8 Å². The zero-order valence-corrected chi connectivity index (χ0v) is 17.2. The highest BCUT2D eigenvalue weighted by Gasteiger charge is 2.35. The molecule has 2 aromatic rings. The molecule has 1 aliphatic rings. The molecule has 1 aliphatic carbocycles. The Hall–Kier alpha value is -3.81. The maximum atomic E-state index is 13.4. The molecule has 8 nitrogen and oxygen atoms in total. The highest BCUT2D eigenvalue weighted by molar-refractivity contribution is 6.41. The summed E-state index contributed by atoms with van der Waals surface area (Å²) >= 11 is 0. The normalized spacial score (nSPS) is 13.0. The van der Waals surface area contributed by atoms with Crippen LogP contribution < -0.4 is 24.3 Å². The van der Waals surface area contributed by atoms with Crippen LogP contribution in [0.1, 0.15) is 33.2 Å². The van der Waals surface area contributed by atoms with Crippen LogP contribution in [-0.2, 0) is 4.79 Å². The van der Waals surface area contributed by atoms with Gasteiger partial charge in [0.05, 0.1) is 34.0 Å². The zero-order chi connectivity index (χ0) is 22.0. The Morgan fingerprint density at radius 2 is 1.23 bits per heavy atom. The molecule has 0 aromatic heterocycles. The van der Waals surface area contributed by atoms with E-state index in [2.05, 4.69) is 5.32 Å². The second-order valence-electron chi connectivity index (χ2n) is 6.41. The summed E-state index contributed by atoms with van der Waals surface area (Å²) in [4.78, 5) is 38.5. The minimum atomic E-state index is -0.509. The maximum absolute atomic E-state index is 13.4. The average molecular weight is 411 g/mol. The van der Waals surface area contributed by atoms with Crippen molar-refractivity contribution in [2.45, 2.75) is 6.92 Å². The fraction of sp³-hybridized carbons (Fsp3) is 0.227. The second kappa shape index (κ2) is 8.28. The largest absolute Gasteiger partial charge is 0.493 e. The van der Waals surface area contributed by atoms with Crippen LogP contribution in [0.5, 0.6) is 23.0 Å². The standard InChI is InChI=1S/C22H21NO7/c1-11(24)23-20-19(12-6-7-15(27-2)16(8-12)28-3)21(25)13-9-17(29-4)18(30-5)10-14(13)22(20)26/h6-10H,1-5H3,(H,23,24). The van der Waals surface area contributed by atoms with Gasteiger partial charge in [0.25, 0.3) is 0 Å². The summed E-state index contributed by atoms with van der Waals surface area (Å²) in [7, 11) is 5.82. The number of allylic oxidation sites excluding steroid dienone is 2. The Bertz CT molecular complexity index is 1090. The average Bonchev–Trinajstić information content (AvgIpc) is 2.75. The van der Waals surface area contributed by atoms with Gasteiger partial charge >= 0.3 is 0 Å². The van der Waals surface area contributed by atoms with Gasteiger partial charge in [-0.1, -0.05) is 6.07 Å². The SMILES string of the molecule is COc1ccc(C2=C(NC(C)=O)C(=O)c3cc(OC)c(OC)cc3C2=O)cc1OC. The molecule has 0 heterocycles. The summed E-state index contributed by atoms with van der Waals surface area (Å²) in [5.41, 5.74) is 0.604. The van der Waals surface area contributed by atoms with Crippen LogP contribution in [0, 0.1) is 0 Å². The second-order valence-corrected chi connectivity index (χ2v) is 6.41. The number of ketones is 2. The van der Waals surface area contributed by atoms with Crippen LogP contribution in [-0.4, -0.2) is 45.9 Å². The smallest absolute Gasteiger partial charge is 0.221 e. The summed E-state index contributed by atoms with van der Waals surface area (Å²) in [5.74, 6) is 0.0219. The van der Waals surface area contributed by atoms with E-state index in [1.165, 1.54) is 47.5 Å². The molecular weight excluding hydrogens is 390 g/mol. The maximum Gasteiger partial charge on any atom is 0.221 e. The molecule has 0 saturated heterocycles. The van der Waals surface area contributed by atoms with Gasteiger partial charge in [-0.2, -0.15) is 0 Å². The van der Waals surface area contributed by atoms with Crippen molar-refractivity contribution in [1.29, 1.82) is 0 Å². The molecule has 0 aliphatic heterocycles. The molecule has 0 fully saturated rings. The number of hydrogen-bond acceptors (Lipinski definition) is 7. The Morgan fingerprint density at radius 3 is 1.73 bits per heavy atom. The van der Waals surface area contributed by atoms with Crippen LogP contribution in [0.25, 0.3) is 5.57 Å². The number of benzene rings is 2. The lowest BCUT2D eigenvalue weighted by Gasteiger charge is -2.23. The zero-order valence-electron chi connectivity index (χ0n) is 17.2. The van der Waals surface area contributed by atoms with Crippen LogP contribution in [0.4, 0.5) is 0 Å². The van der Waals surface area contributed by atoms with Gasteiger partial charge < -0.3 is 24.3 Å². The molecule has 3 rings (SSSR count). The fourth-order valence-corrected chi connectivity index (χ4v) is 3.31. The van der Waals surface area contributed by atoms with Crippen LogP contribution in [0.15, 0.2) is 36.0 Å². The highest BCUT2D eigenvalue weighted by atomic mass is 16.5. The number of carbonyl (C=O) groups is 3. The van der Waals surface area contributed by atoms with Crippen molar-refractivity contribution in [3.05, 3.63) is 52.7 Å². The lowest BCUT2D eigenvalue weighted by molar-refractivity contribution is -0.118. The minimum Gasteiger partial charge on any atom is -0.493 e. The van der Waals surface area contributed by atoms with Crippen LogP contribution in [0.2, 0.25) is 0 Å². The van der Waals surface area contributed by atoms with E-state index in [0.29, 0.717) is 28.6 Å². The van der Waals surface area contributed by atoms with Gasteiger partial charge in [-0.3, -0.25) is 14.4 Å². The molecule has 0 atom stereocenters. The third-order valence-electron chi connectivity index (χ3n) is 4.69. The van der Waals surface area contributed by atoms with E-state index in [1.54, 1.807) is 18.2 Å². The first-order valence-electron chi connectivity index (χ1n) is 8.95. The van der Waals surface area contributed by atoms with Gasteiger partial charge in [0.2, 0.25) is 11.7 Å². The first kappa shape index (κ1) is 20.9. The third-order valence-corrected chi connectivity index (χ3v) is 4.69. The van der Waals surface area contributed by atoms with Gasteiger partial charge in [0, 0.05) is 18.1 Å². The van der Waals surface area contributed by atoms with Crippen molar-refractivity contribution in [3.8, 4) is 23.0 Å². The number of amides is 1. The van der Waals surface area contributed by atoms with E-state index in [-0.39, 0.29) is 22.4 Å². The number of methoxy groups -OCH3 is 4. The van der Waals surface area contributed by atoms with E-state index in [1.807, 2.05) is 0 Å². The summed E-state index contributed by atoms with van der Waals surface area (Å²) in [6.45, 7) is 1.26. The monoisotopic (exact) mass is 411 g/mol. The molecule has 0 radical (unpaired) electrons. The third kappa shape index (κ3) is 3.47. The summed E-state index contributed by atoms with van der Waals surface area (Å²) < 4.78 is 21.1. The van der Waals surface area contributed by atoms with Crippen LogP contribution >= 0.6 is 0 Å². The quantitative estimate of drug-likeness (QED) is 0.780. The Balaban J connectivity index is 2.28. The van der Waals surface area contributed by atoms with Crippen molar-refractivity contribution < 1.29 is 33.3 Å². The van der Waals surface area contributed by atoms with Crippen molar-refractivity contribution in [2.75, 3.05) is 28.4 Å². The lowest BCUT2D eigenvalue weighted by atomic mass is 9.83. The summed E-state index contributed by atoms with van der Waals surface area (Å²) in [5, 5.41) is 2.51. The first-order valence-corrected chi connectivity index (χ1v) is 8.95. The molecule has 0 saturated carbocycles. The predicted molar refractivity (Wildman–Crippen MR) is 108 cm³/mol. The lowest BCUT2D eigenvalue weighted by Crippen LogP contribution is -2.32. The van der Waals surface area contributed by atoms with Crippen molar-refractivity contribution in [2.24, 2.45) is 0 Å². The van der Waals surface area contributed by atoms with E-state index in [4.69, 9.17) is 18.9 Å². The molecule has 1 N–H and O–H groups in total. The number of fused-ring (bicyclic) bond motifs is 1. The van der Waals surface area contributed by atoms with Crippen LogP contribution in [0.3, 0.4) is 0 Å². The van der Waals surface area contributed by atoms with Crippen molar-refractivity contribution in [3.63, 3.8) is 0 Å². The number of hydrogen-bond donors (Lipinski definition) is 1. The Kier molecular flexibility index (Phi) is 5.77. The topological polar surface area (TPSA) is 100 Å². The molecule has 2 aromatic carbocycles. The number of rotatable bonds is 6. The Morgan fingerprint density at radius 1 is 0.733 bits per heavy atom. The Labute approximate surface area is 173 Å². The number of Topliss-reactive ketones (excluding diaryl/α,β-unsaturated/α-hetero) is 2. The number of nitrogens with one attached hydrogen (secondary N) is 1. The first-order chi connectivity index (χ1) is 14.4. The molecule has 0 bridgehead atoms. The van der Waals surface area contributed by atoms with Crippen molar-refractivity contribution >= 4 is 23.0 Å². The molecule has 30 heavy (non-hydrogen) atoms. The number of carbonyl (C=O) groups excluding carboxylic acids is 3. The van der Waals surface area contributed by atoms with Gasteiger partial charge in [-0.15, -0.1) is 0 Å². The molecular formula is C22H21NO7. The predicted octanol–water partition coefficient (Wildman–Crippen LogP) is 2.65. The fourth-order valence-electron chi connectivity index (χ4n) is 3.31. The summed E-state index contributed by atoms with van der Waals surface area (Å²) in [6, 6.07) is 7.71. The highest BCUT2D eigenvalue weighted by Crippen LogP contribution is 2.39. The molecule has 0 spiro atoms. The van der Waals surface area contributed by atoms with Gasteiger partial charge in [-0.25, -0.2) is 0 Å². The van der Waals surface area contributed by atoms with Gasteiger partial charge in [0.1, 0.15) is 5.70 Å². The summed E-state index contributed by atoms with van der Waals surface area (Å²) in [6.07, 6.45) is 0. The van der Waals surface area contributed by atoms with E-state index < -0.39 is 17.5 Å². The van der Waals surface area contributed by atoms with E-state index in [0.717, 1.165) is 0 Å². The molecule has 1 amide bonds. The molecule has 8 heteroatoms. The molecule has 156 valence electrons. The number of ether oxygens (including phenoxy) is 4. The minimum absolute atomic E-state index is 0.0517. The van der Waals surface area contributed by atoms with E-state index >= 15 is 0 Å².